The van der Waals surface area contributed by atoms with E-state index in [1.165, 1.54) is 38.5 Å². The van der Waals surface area contributed by atoms with E-state index in [0.29, 0.717) is 176 Å². The minimum atomic E-state index is -2.52. The zero-order valence-corrected chi connectivity index (χ0v) is 80.3. The summed E-state index contributed by atoms with van der Waals surface area (Å²) in [6.07, 6.45) is 19.6. The van der Waals surface area contributed by atoms with Crippen LogP contribution in [0.1, 0.15) is 158 Å². The van der Waals surface area contributed by atoms with E-state index in [4.69, 9.17) is 63.9 Å². The number of esters is 1. The smallest absolute Gasteiger partial charge is 0.407 e. The number of aromatic amines is 1. The second kappa shape index (κ2) is 50.0. The van der Waals surface area contributed by atoms with Crippen LogP contribution in [-0.2, 0) is 102 Å². The number of aliphatic hydroxyl groups excluding tert-OH is 2. The molecule has 4 fully saturated rings. The fraction of sp³-hybridized carbons (Fsp3) is 0.576. The monoisotopic (exact) mass is 1910 g/mol. The number of anilines is 3. The molecule has 11 heterocycles. The summed E-state index contributed by atoms with van der Waals surface area (Å²) in [7, 11) is 4.41. The Morgan fingerprint density at radius 1 is 0.725 bits per heavy atom. The van der Waals surface area contributed by atoms with E-state index >= 15 is 0 Å². The topological polar surface area (TPSA) is 502 Å². The van der Waals surface area contributed by atoms with Crippen molar-refractivity contribution in [3.8, 4) is 11.3 Å². The quantitative estimate of drug-likeness (QED) is 0.00924. The Bertz CT molecular complexity index is 5420. The van der Waals surface area contributed by atoms with E-state index in [-0.39, 0.29) is 100 Å². The van der Waals surface area contributed by atoms with E-state index < -0.39 is 120 Å². The highest BCUT2D eigenvalue weighted by Crippen LogP contribution is 2.40. The number of benzene rings is 1. The highest BCUT2D eigenvalue weighted by molar-refractivity contribution is 6.39. The lowest BCUT2D eigenvalue weighted by atomic mass is 9.80. The number of cyclic esters (lactones) is 1. The standard InChI is InChI=1S/C99H134N18O21/c1-60-15-11-10-12-16-61(2)80(129-7)47-75-22-18-65(6)99(128,138-75)89(123)94(125)116-29-14-13-17-77(116)95(126)136-81(48-78(119)62(3)42-64(5)87(122)88(131-9)86(121)63(4)41-60)76(100)44-66-20-23-79(82(45-66)130-8)137-98(127)109-51-68-49-105-97(106-50-68)115-32-31-114(57-74(115)58-118)96-107-53-73(54-108-96)93(124)103-28-34-133-36-38-135-40-39-134-37-35-132-33-26-83(120)113-30-25-69-43-67(19-21-71(69)56-113)55-117-92-84(90(101)110-59-111-92)85(112-117)72-46-70-24-27-102-91(70)104-52-72/h10-12,15-16,19,21,24,27,42-43,46,49-50,52-54,59-60,62-63,65-66,74-77,79-82,87-88,118,122,128H,13-14,17-18,20,22-23,25-26,28-41,44-45,47-48,51,55-58,100H2,1-9H3,(H,102,104)(H,103,124)(H,109,127)(H2,101,110,111)/b12-10+,15-11+,61-16+,64-42+/t60-,62-,63-,65-,66+,74?,75+,76-,77+,79-,80+,81+,82-,87-,88+,99-/m1/s1. The van der Waals surface area contributed by atoms with Gasteiger partial charge in [0.25, 0.3) is 17.6 Å². The SMILES string of the molecule is CO[C@H]1C[C@@H]2CC[C@@H](C)[C@@](O)(O2)C(=O)C(=O)N2CCCC[C@H]2C(=O)O[C@H]([C@H](N)C[C@@H]2CC[C@@H](OC(=O)NCc3cnc(N4CCN(c5ncc(C(=O)NCCOCCOCCOCCOCCC(=O)N6CCc7cc(Cn8nc(-c9cnc%10[nH]ccc%10c9)c9c(N)ncnc98)ccc7C6)cn5)CC4CO)nc3)[C@H](OC)C2)CC(=O)[C@H](C)/C=C(\C)[C@@H](O)[C@@H](OC)C(=O)[C@H](C)C[C@H](C)/C=C/C=C/C=C/1C. The first kappa shape index (κ1) is 104. The number of aromatic nitrogens is 10. The van der Waals surface area contributed by atoms with Gasteiger partial charge >= 0.3 is 12.1 Å². The number of nitrogens with two attached hydrogens (primary N) is 2. The van der Waals surface area contributed by atoms with Crippen LogP contribution >= 0.6 is 0 Å². The molecule has 746 valence electrons. The van der Waals surface area contributed by atoms with Gasteiger partial charge < -0.3 is 109 Å². The number of ether oxygens (including phenoxy) is 10. The number of piperidine rings is 1. The number of nitrogen functional groups attached to an aromatic ring is 1. The Labute approximate surface area is 803 Å². The number of nitrogens with zero attached hydrogens (tertiary/aromatic N) is 13. The lowest BCUT2D eigenvalue weighted by Crippen LogP contribution is -2.61. The first-order valence-electron chi connectivity index (χ1n) is 47.9. The lowest BCUT2D eigenvalue weighted by molar-refractivity contribution is -0.265. The lowest BCUT2D eigenvalue weighted by Gasteiger charge is -2.42. The summed E-state index contributed by atoms with van der Waals surface area (Å²) in [5.74, 6) is -8.15. The molecule has 10 N–H and O–H groups in total. The van der Waals surface area contributed by atoms with Crippen molar-refractivity contribution < 1.29 is 101 Å². The van der Waals surface area contributed by atoms with Crippen LogP contribution < -0.4 is 31.9 Å². The first-order chi connectivity index (χ1) is 66.6. The molecular formula is C99H134N18O21. The molecule has 0 radical (unpaired) electrons. The second-order valence-corrected chi connectivity index (χ2v) is 36.9. The van der Waals surface area contributed by atoms with Crippen LogP contribution in [0.15, 0.2) is 121 Å². The molecule has 0 spiro atoms. The molecule has 5 aliphatic heterocycles. The predicted molar refractivity (Wildman–Crippen MR) is 509 cm³/mol. The highest BCUT2D eigenvalue weighted by Gasteiger charge is 2.54. The summed E-state index contributed by atoms with van der Waals surface area (Å²) in [5, 5.41) is 46.6. The highest BCUT2D eigenvalue weighted by atomic mass is 16.6. The summed E-state index contributed by atoms with van der Waals surface area (Å²) < 4.78 is 60.5. The largest absolute Gasteiger partial charge is 0.459 e. The molecule has 39 nitrogen and oxygen atoms in total. The van der Waals surface area contributed by atoms with Gasteiger partial charge in [-0.05, 0) is 136 Å². The number of carbonyl (C=O) groups excluding carboxylic acids is 8. The van der Waals surface area contributed by atoms with Crippen molar-refractivity contribution in [2.45, 2.75) is 218 Å². The molecule has 2 bridgehead atoms. The van der Waals surface area contributed by atoms with Crippen molar-refractivity contribution in [3.63, 3.8) is 0 Å². The van der Waals surface area contributed by atoms with Crippen molar-refractivity contribution in [3.05, 3.63) is 149 Å². The van der Waals surface area contributed by atoms with E-state index in [1.807, 2.05) is 81.9 Å². The molecular weight excluding hydrogens is 1780 g/mol. The predicted octanol–water partition coefficient (Wildman–Crippen LogP) is 7.16. The summed E-state index contributed by atoms with van der Waals surface area (Å²) in [6.45, 7) is 15.8. The molecule has 1 saturated carbocycles. The molecule has 1 aromatic carbocycles. The Morgan fingerprint density at radius 3 is 2.21 bits per heavy atom. The molecule has 16 atom stereocenters. The Hall–Kier alpha value is -11.3. The van der Waals surface area contributed by atoms with Crippen molar-refractivity contribution >= 4 is 86.9 Å². The average molecular weight is 1910 g/mol. The zero-order chi connectivity index (χ0) is 98.1. The van der Waals surface area contributed by atoms with Crippen LogP contribution in [0, 0.1) is 29.6 Å². The van der Waals surface area contributed by atoms with Crippen molar-refractivity contribution in [2.75, 3.05) is 136 Å². The molecule has 7 aromatic rings. The molecule has 1 aliphatic carbocycles. The van der Waals surface area contributed by atoms with E-state index in [9.17, 15) is 53.7 Å². The second-order valence-electron chi connectivity index (χ2n) is 36.9. The number of amides is 4. The number of H-pyrrole nitrogens is 1. The minimum Gasteiger partial charge on any atom is -0.459 e. The number of fused-ring (bicyclic) bond motifs is 6. The number of allylic oxidation sites excluding steroid dienone is 6. The molecule has 3 saturated heterocycles. The normalized spacial score (nSPS) is 26.9. The van der Waals surface area contributed by atoms with Crippen molar-refractivity contribution in [1.82, 2.24) is 70.1 Å². The third kappa shape index (κ3) is 27.0. The van der Waals surface area contributed by atoms with Gasteiger partial charge in [-0.1, -0.05) is 82.4 Å². The maximum absolute atomic E-state index is 14.8. The summed E-state index contributed by atoms with van der Waals surface area (Å²) in [6, 6.07) is 7.58. The van der Waals surface area contributed by atoms with Gasteiger partial charge in [0.2, 0.25) is 23.6 Å². The number of methoxy groups -OCH3 is 3. The summed E-state index contributed by atoms with van der Waals surface area (Å²) in [4.78, 5) is 154. The van der Waals surface area contributed by atoms with Gasteiger partial charge in [0.1, 0.15) is 59.7 Å². The van der Waals surface area contributed by atoms with Gasteiger partial charge in [-0.3, -0.25) is 28.8 Å². The molecule has 4 amide bonds. The summed E-state index contributed by atoms with van der Waals surface area (Å²) in [5.41, 5.74) is 21.7. The van der Waals surface area contributed by atoms with Gasteiger partial charge in [0.05, 0.1) is 108 Å². The molecule has 6 aliphatic rings. The zero-order valence-electron chi connectivity index (χ0n) is 80.3. The molecule has 13 rings (SSSR count). The van der Waals surface area contributed by atoms with E-state index in [1.54, 1.807) is 59.5 Å². The maximum Gasteiger partial charge on any atom is 0.407 e. The number of piperazine rings is 1. The van der Waals surface area contributed by atoms with Gasteiger partial charge in [0.15, 0.2) is 11.4 Å². The Balaban J connectivity index is 0.503. The number of Topliss-reactive ketones (excluding diaryl/α,β-unsaturated/α-hetero) is 3. The van der Waals surface area contributed by atoms with Crippen LogP contribution in [-0.4, -0.2) is 309 Å². The maximum atomic E-state index is 14.8. The number of nitrogens with one attached hydrogen (secondary N) is 3. The van der Waals surface area contributed by atoms with Crippen LogP contribution in [0.25, 0.3) is 33.3 Å². The van der Waals surface area contributed by atoms with Gasteiger partial charge in [-0.25, -0.2) is 49.2 Å². The fourth-order valence-electron chi connectivity index (χ4n) is 18.9. The molecule has 138 heavy (non-hydrogen) atoms. The number of aliphatic hydroxyl groups is 3. The van der Waals surface area contributed by atoms with Gasteiger partial charge in [0, 0.05) is 164 Å². The van der Waals surface area contributed by atoms with Gasteiger partial charge in [-0.15, -0.1) is 0 Å². The Morgan fingerprint density at radius 2 is 1.47 bits per heavy atom. The molecule has 1 unspecified atom stereocenters. The van der Waals surface area contributed by atoms with Crippen LogP contribution in [0.4, 0.5) is 22.5 Å². The Kier molecular flexibility index (Phi) is 37.7. The summed E-state index contributed by atoms with van der Waals surface area (Å²) >= 11 is 0. The number of rotatable bonds is 31. The van der Waals surface area contributed by atoms with Crippen molar-refractivity contribution in [1.29, 1.82) is 0 Å². The van der Waals surface area contributed by atoms with E-state index in [2.05, 4.69) is 68.7 Å². The number of hydrogen-bond acceptors (Lipinski definition) is 33. The number of carbonyl (C=O) groups is 8. The molecule has 6 aromatic heterocycles. The number of hydrogen-bond donors (Lipinski definition) is 8. The number of ketones is 3. The number of pyridine rings is 1. The third-order valence-corrected chi connectivity index (χ3v) is 27.0. The minimum absolute atomic E-state index is 0.00757. The van der Waals surface area contributed by atoms with Crippen LogP contribution in [0.5, 0.6) is 0 Å². The van der Waals surface area contributed by atoms with E-state index in [0.717, 1.165) is 44.6 Å². The van der Waals surface area contributed by atoms with Gasteiger partial charge in [-0.2, -0.15) is 5.10 Å². The number of alkyl carbamates (subject to hydrolysis) is 1. The van der Waals surface area contributed by atoms with Crippen LogP contribution in [0.3, 0.4) is 0 Å². The van der Waals surface area contributed by atoms with Crippen molar-refractivity contribution in [2.24, 2.45) is 35.3 Å². The molecule has 39 heteroatoms. The van der Waals surface area contributed by atoms with Crippen LogP contribution in [0.2, 0.25) is 0 Å². The first-order valence-corrected chi connectivity index (χ1v) is 47.9. The third-order valence-electron chi connectivity index (χ3n) is 27.0. The fourth-order valence-corrected chi connectivity index (χ4v) is 18.9. The average Bonchev–Trinajstić information content (AvgIpc) is 1.60.